The van der Waals surface area contributed by atoms with E-state index in [0.29, 0.717) is 5.75 Å². The molecule has 0 fully saturated rings. The van der Waals surface area contributed by atoms with Crippen LogP contribution < -0.4 is 5.32 Å². The van der Waals surface area contributed by atoms with Crippen LogP contribution in [0.25, 0.3) is 0 Å². The van der Waals surface area contributed by atoms with Gasteiger partial charge in [-0.15, -0.1) is 0 Å². The largest absolute Gasteiger partial charge is 0.309 e. The minimum atomic E-state index is -1.04. The van der Waals surface area contributed by atoms with Crippen molar-refractivity contribution in [1.29, 1.82) is 0 Å². The highest BCUT2D eigenvalue weighted by Crippen LogP contribution is 2.23. The van der Waals surface area contributed by atoms with Gasteiger partial charge in [-0.1, -0.05) is 49.4 Å². The normalized spacial score (nSPS) is 13.8. The number of halogens is 1. The molecule has 2 aromatic carbocycles. The van der Waals surface area contributed by atoms with Crippen molar-refractivity contribution < 1.29 is 4.21 Å². The minimum absolute atomic E-state index is 0.110. The van der Waals surface area contributed by atoms with Crippen molar-refractivity contribution >= 4 is 26.7 Å². The van der Waals surface area contributed by atoms with Crippen molar-refractivity contribution in [2.24, 2.45) is 0 Å². The SMILES string of the molecule is CCCNC(CS(=O)c1ccccc1Br)c1ccccc1. The Balaban J connectivity index is 2.15. The molecule has 2 atom stereocenters. The zero-order valence-corrected chi connectivity index (χ0v) is 14.5. The number of nitrogens with one attached hydrogen (secondary N) is 1. The fourth-order valence-corrected chi connectivity index (χ4v) is 4.28. The minimum Gasteiger partial charge on any atom is -0.309 e. The highest BCUT2D eigenvalue weighted by atomic mass is 79.9. The Kier molecular flexibility index (Phi) is 6.61. The Labute approximate surface area is 137 Å². The monoisotopic (exact) mass is 365 g/mol. The molecule has 0 saturated carbocycles. The molecule has 112 valence electrons. The van der Waals surface area contributed by atoms with Gasteiger partial charge in [0.15, 0.2) is 0 Å². The Morgan fingerprint density at radius 1 is 1.10 bits per heavy atom. The van der Waals surface area contributed by atoms with E-state index in [4.69, 9.17) is 0 Å². The fraction of sp³-hybridized carbons (Fsp3) is 0.294. The van der Waals surface area contributed by atoms with Crippen LogP contribution in [0, 0.1) is 0 Å². The van der Waals surface area contributed by atoms with Crippen molar-refractivity contribution in [3.8, 4) is 0 Å². The van der Waals surface area contributed by atoms with Gasteiger partial charge in [0, 0.05) is 16.3 Å². The standard InChI is InChI=1S/C17H20BrNOS/c1-2-12-19-16(14-8-4-3-5-9-14)13-21(20)17-11-7-6-10-15(17)18/h3-11,16,19H,2,12-13H2,1H3. The van der Waals surface area contributed by atoms with Crippen molar-refractivity contribution in [3.05, 3.63) is 64.6 Å². The van der Waals surface area contributed by atoms with Gasteiger partial charge in [0.1, 0.15) is 0 Å². The van der Waals surface area contributed by atoms with Crippen LogP contribution in [0.2, 0.25) is 0 Å². The molecule has 0 heterocycles. The predicted molar refractivity (Wildman–Crippen MR) is 92.9 cm³/mol. The lowest BCUT2D eigenvalue weighted by atomic mass is 10.1. The van der Waals surface area contributed by atoms with Gasteiger partial charge < -0.3 is 5.32 Å². The van der Waals surface area contributed by atoms with E-state index < -0.39 is 10.8 Å². The van der Waals surface area contributed by atoms with Gasteiger partial charge in [-0.2, -0.15) is 0 Å². The van der Waals surface area contributed by atoms with E-state index in [-0.39, 0.29) is 6.04 Å². The van der Waals surface area contributed by atoms with Gasteiger partial charge in [-0.3, -0.25) is 4.21 Å². The first-order valence-corrected chi connectivity index (χ1v) is 9.24. The van der Waals surface area contributed by atoms with Crippen LogP contribution in [0.1, 0.15) is 24.9 Å². The molecule has 1 N–H and O–H groups in total. The first kappa shape index (κ1) is 16.4. The summed E-state index contributed by atoms with van der Waals surface area (Å²) < 4.78 is 13.6. The summed E-state index contributed by atoms with van der Waals surface area (Å²) in [4.78, 5) is 0.858. The quantitative estimate of drug-likeness (QED) is 0.792. The number of hydrogen-bond acceptors (Lipinski definition) is 2. The number of rotatable bonds is 7. The van der Waals surface area contributed by atoms with E-state index in [2.05, 4.69) is 40.3 Å². The summed E-state index contributed by atoms with van der Waals surface area (Å²) in [7, 11) is -1.04. The molecule has 0 spiro atoms. The third kappa shape index (κ3) is 4.77. The molecule has 0 radical (unpaired) electrons. The molecule has 2 unspecified atom stereocenters. The number of hydrogen-bond donors (Lipinski definition) is 1. The molecule has 2 aromatic rings. The average Bonchev–Trinajstić information content (AvgIpc) is 2.52. The van der Waals surface area contributed by atoms with E-state index in [0.717, 1.165) is 22.3 Å². The first-order chi connectivity index (χ1) is 10.2. The summed E-state index contributed by atoms with van der Waals surface area (Å²) in [5.74, 6) is 0.576. The van der Waals surface area contributed by atoms with Crippen LogP contribution >= 0.6 is 15.9 Å². The third-order valence-electron chi connectivity index (χ3n) is 3.24. The molecule has 0 amide bonds. The smallest absolute Gasteiger partial charge is 0.0560 e. The highest BCUT2D eigenvalue weighted by molar-refractivity contribution is 9.10. The molecular formula is C17H20BrNOS. The highest BCUT2D eigenvalue weighted by Gasteiger charge is 2.16. The molecule has 0 aromatic heterocycles. The molecule has 0 bridgehead atoms. The van der Waals surface area contributed by atoms with Crippen molar-refractivity contribution in [2.45, 2.75) is 24.3 Å². The molecule has 4 heteroatoms. The van der Waals surface area contributed by atoms with Crippen molar-refractivity contribution in [1.82, 2.24) is 5.32 Å². The van der Waals surface area contributed by atoms with Gasteiger partial charge in [0.05, 0.1) is 15.7 Å². The summed E-state index contributed by atoms with van der Waals surface area (Å²) in [5.41, 5.74) is 1.19. The first-order valence-electron chi connectivity index (χ1n) is 7.13. The topological polar surface area (TPSA) is 29.1 Å². The average molecular weight is 366 g/mol. The molecule has 0 aliphatic rings. The lowest BCUT2D eigenvalue weighted by Crippen LogP contribution is -2.27. The Morgan fingerprint density at radius 3 is 2.43 bits per heavy atom. The molecular weight excluding hydrogens is 346 g/mol. The second kappa shape index (κ2) is 8.47. The molecule has 0 aliphatic heterocycles. The molecule has 2 nitrogen and oxygen atoms in total. The maximum atomic E-state index is 12.7. The second-order valence-corrected chi connectivity index (χ2v) is 7.18. The van der Waals surface area contributed by atoms with E-state index in [1.54, 1.807) is 0 Å². The van der Waals surface area contributed by atoms with E-state index in [1.807, 2.05) is 42.5 Å². The second-order valence-electron chi connectivity index (χ2n) is 4.86. The molecule has 21 heavy (non-hydrogen) atoms. The van der Waals surface area contributed by atoms with Crippen LogP contribution in [0.5, 0.6) is 0 Å². The molecule has 0 aliphatic carbocycles. The van der Waals surface area contributed by atoms with Gasteiger partial charge in [-0.05, 0) is 46.6 Å². The number of benzene rings is 2. The van der Waals surface area contributed by atoms with E-state index in [9.17, 15) is 4.21 Å². The van der Waals surface area contributed by atoms with Gasteiger partial charge >= 0.3 is 0 Å². The lowest BCUT2D eigenvalue weighted by molar-refractivity contribution is 0.569. The summed E-state index contributed by atoms with van der Waals surface area (Å²) in [6.45, 7) is 3.06. The Hall–Kier alpha value is -0.970. The summed E-state index contributed by atoms with van der Waals surface area (Å²) in [5, 5.41) is 3.50. The van der Waals surface area contributed by atoms with E-state index in [1.165, 1.54) is 5.56 Å². The Bertz CT molecular complexity index is 588. The van der Waals surface area contributed by atoms with Gasteiger partial charge in [-0.25, -0.2) is 0 Å². The van der Waals surface area contributed by atoms with Crippen LogP contribution in [0.15, 0.2) is 64.0 Å². The zero-order valence-electron chi connectivity index (χ0n) is 12.1. The maximum Gasteiger partial charge on any atom is 0.0560 e. The lowest BCUT2D eigenvalue weighted by Gasteiger charge is -2.19. The fourth-order valence-electron chi connectivity index (χ4n) is 2.15. The summed E-state index contributed by atoms with van der Waals surface area (Å²) in [6.07, 6.45) is 1.06. The molecule has 0 saturated heterocycles. The Morgan fingerprint density at radius 2 is 1.76 bits per heavy atom. The maximum absolute atomic E-state index is 12.7. The van der Waals surface area contributed by atoms with Crippen molar-refractivity contribution in [2.75, 3.05) is 12.3 Å². The third-order valence-corrected chi connectivity index (χ3v) is 5.68. The van der Waals surface area contributed by atoms with Crippen LogP contribution in [-0.4, -0.2) is 16.5 Å². The van der Waals surface area contributed by atoms with Gasteiger partial charge in [0.25, 0.3) is 0 Å². The van der Waals surface area contributed by atoms with E-state index >= 15 is 0 Å². The molecule has 2 rings (SSSR count). The van der Waals surface area contributed by atoms with Gasteiger partial charge in [0.2, 0.25) is 0 Å². The zero-order chi connectivity index (χ0) is 15.1. The van der Waals surface area contributed by atoms with Crippen molar-refractivity contribution in [3.63, 3.8) is 0 Å². The van der Waals surface area contributed by atoms with Crippen LogP contribution in [-0.2, 0) is 10.8 Å². The summed E-state index contributed by atoms with van der Waals surface area (Å²) >= 11 is 3.48. The van der Waals surface area contributed by atoms with Crippen LogP contribution in [0.4, 0.5) is 0 Å². The summed E-state index contributed by atoms with van der Waals surface area (Å²) in [6, 6.07) is 18.1. The predicted octanol–water partition coefficient (Wildman–Crippen LogP) is 4.30. The van der Waals surface area contributed by atoms with Crippen LogP contribution in [0.3, 0.4) is 0 Å².